The molecule has 7 heteroatoms. The first kappa shape index (κ1) is 17.5. The lowest BCUT2D eigenvalue weighted by atomic mass is 10.1. The van der Waals surface area contributed by atoms with Gasteiger partial charge >= 0.3 is 5.97 Å². The lowest BCUT2D eigenvalue weighted by molar-refractivity contribution is 0.0428. The van der Waals surface area contributed by atoms with Gasteiger partial charge < -0.3 is 18.4 Å². The first-order chi connectivity index (χ1) is 13.6. The van der Waals surface area contributed by atoms with E-state index in [2.05, 4.69) is 5.16 Å². The largest absolute Gasteiger partial charge is 0.497 e. The zero-order valence-corrected chi connectivity index (χ0v) is 14.9. The van der Waals surface area contributed by atoms with Crippen LogP contribution in [0.5, 0.6) is 5.75 Å². The molecular weight excluding hydrogens is 362 g/mol. The summed E-state index contributed by atoms with van der Waals surface area (Å²) in [6.45, 7) is -0.122. The quantitative estimate of drug-likeness (QED) is 0.488. The molecule has 2 aromatic heterocycles. The van der Waals surface area contributed by atoms with Crippen LogP contribution in [0.25, 0.3) is 22.3 Å². The van der Waals surface area contributed by atoms with E-state index in [0.29, 0.717) is 28.2 Å². The highest BCUT2D eigenvalue weighted by molar-refractivity contribution is 5.88. The van der Waals surface area contributed by atoms with Crippen molar-refractivity contribution in [3.05, 3.63) is 82.3 Å². The lowest BCUT2D eigenvalue weighted by Crippen LogP contribution is -2.10. The van der Waals surface area contributed by atoms with Crippen LogP contribution in [0.15, 0.2) is 74.4 Å². The van der Waals surface area contributed by atoms with E-state index >= 15 is 0 Å². The van der Waals surface area contributed by atoms with Crippen LogP contribution in [0, 0.1) is 0 Å². The number of para-hydroxylation sites is 1. The summed E-state index contributed by atoms with van der Waals surface area (Å²) < 4.78 is 21.1. The number of hydrogen-bond acceptors (Lipinski definition) is 7. The van der Waals surface area contributed by atoms with Gasteiger partial charge in [0.15, 0.2) is 11.2 Å². The van der Waals surface area contributed by atoms with Gasteiger partial charge in [-0.15, -0.1) is 0 Å². The topological polar surface area (TPSA) is 91.8 Å². The SMILES string of the molecule is COc1cccc(-c2cc(COC(=O)c3cc(=O)c4ccccc4o3)no2)c1. The molecule has 0 bridgehead atoms. The number of hydrogen-bond donors (Lipinski definition) is 0. The van der Waals surface area contributed by atoms with Crippen LogP contribution >= 0.6 is 0 Å². The van der Waals surface area contributed by atoms with Crippen LogP contribution in [-0.4, -0.2) is 18.2 Å². The molecule has 140 valence electrons. The van der Waals surface area contributed by atoms with Gasteiger partial charge in [0.2, 0.25) is 5.76 Å². The van der Waals surface area contributed by atoms with Gasteiger partial charge in [-0.05, 0) is 24.3 Å². The number of nitrogens with zero attached hydrogens (tertiary/aromatic N) is 1. The monoisotopic (exact) mass is 377 g/mol. The Kier molecular flexibility index (Phi) is 4.63. The van der Waals surface area contributed by atoms with E-state index in [-0.39, 0.29) is 17.8 Å². The third kappa shape index (κ3) is 3.50. The van der Waals surface area contributed by atoms with E-state index in [1.54, 1.807) is 43.5 Å². The van der Waals surface area contributed by atoms with E-state index in [9.17, 15) is 9.59 Å². The summed E-state index contributed by atoms with van der Waals surface area (Å²) in [4.78, 5) is 24.3. The van der Waals surface area contributed by atoms with E-state index in [1.165, 1.54) is 0 Å². The normalized spacial score (nSPS) is 10.8. The summed E-state index contributed by atoms with van der Waals surface area (Å²) in [6, 6.07) is 16.8. The molecule has 2 aromatic carbocycles. The Morgan fingerprint density at radius 3 is 2.79 bits per heavy atom. The highest BCUT2D eigenvalue weighted by atomic mass is 16.5. The van der Waals surface area contributed by atoms with Gasteiger partial charge in [0, 0.05) is 17.7 Å². The van der Waals surface area contributed by atoms with Gasteiger partial charge in [0.05, 0.1) is 12.5 Å². The third-order valence-electron chi connectivity index (χ3n) is 4.10. The van der Waals surface area contributed by atoms with Gasteiger partial charge in [-0.1, -0.05) is 29.4 Å². The number of esters is 1. The first-order valence-corrected chi connectivity index (χ1v) is 8.44. The molecule has 0 aliphatic heterocycles. The van der Waals surface area contributed by atoms with Crippen molar-refractivity contribution < 1.29 is 23.2 Å². The van der Waals surface area contributed by atoms with Crippen molar-refractivity contribution in [3.8, 4) is 17.1 Å². The van der Waals surface area contributed by atoms with Crippen LogP contribution < -0.4 is 10.2 Å². The standard InChI is InChI=1S/C21H15NO6/c1-25-15-6-4-5-13(9-15)19-10-14(22-28-19)12-26-21(24)20-11-17(23)16-7-2-3-8-18(16)27-20/h2-11H,12H2,1H3. The van der Waals surface area contributed by atoms with Crippen LogP contribution in [0.1, 0.15) is 16.2 Å². The highest BCUT2D eigenvalue weighted by Gasteiger charge is 2.15. The molecule has 0 atom stereocenters. The average Bonchev–Trinajstić information content (AvgIpc) is 3.21. The Morgan fingerprint density at radius 2 is 1.93 bits per heavy atom. The van der Waals surface area contributed by atoms with Gasteiger partial charge in [-0.3, -0.25) is 4.79 Å². The molecule has 2 heterocycles. The second kappa shape index (κ2) is 7.40. The second-order valence-corrected chi connectivity index (χ2v) is 5.96. The number of methoxy groups -OCH3 is 1. The minimum absolute atomic E-state index is 0.122. The molecule has 0 spiro atoms. The maximum atomic E-state index is 12.2. The number of benzene rings is 2. The van der Waals surface area contributed by atoms with Crippen LogP contribution in [0.3, 0.4) is 0 Å². The fourth-order valence-electron chi connectivity index (χ4n) is 2.71. The molecule has 7 nitrogen and oxygen atoms in total. The molecule has 28 heavy (non-hydrogen) atoms. The molecule has 0 saturated carbocycles. The summed E-state index contributed by atoms with van der Waals surface area (Å²) in [5, 5.41) is 4.30. The maximum Gasteiger partial charge on any atom is 0.374 e. The molecule has 4 rings (SSSR count). The molecule has 0 fully saturated rings. The number of fused-ring (bicyclic) bond motifs is 1. The van der Waals surface area contributed by atoms with Crippen LogP contribution in [0.2, 0.25) is 0 Å². The van der Waals surface area contributed by atoms with Crippen molar-refractivity contribution in [1.29, 1.82) is 0 Å². The summed E-state index contributed by atoms with van der Waals surface area (Å²) >= 11 is 0. The van der Waals surface area contributed by atoms with Gasteiger partial charge in [-0.25, -0.2) is 4.79 Å². The number of aromatic nitrogens is 1. The van der Waals surface area contributed by atoms with E-state index in [4.69, 9.17) is 18.4 Å². The fraction of sp³-hybridized carbons (Fsp3) is 0.0952. The first-order valence-electron chi connectivity index (χ1n) is 8.44. The summed E-state index contributed by atoms with van der Waals surface area (Å²) in [5.41, 5.74) is 1.22. The molecule has 0 saturated heterocycles. The summed E-state index contributed by atoms with van der Waals surface area (Å²) in [6.07, 6.45) is 0. The smallest absolute Gasteiger partial charge is 0.374 e. The van der Waals surface area contributed by atoms with Crippen molar-refractivity contribution in [2.75, 3.05) is 7.11 Å². The van der Waals surface area contributed by atoms with Gasteiger partial charge in [0.1, 0.15) is 23.6 Å². The Labute approximate surface area is 159 Å². The van der Waals surface area contributed by atoms with Crippen molar-refractivity contribution in [3.63, 3.8) is 0 Å². The van der Waals surface area contributed by atoms with Gasteiger partial charge in [-0.2, -0.15) is 0 Å². The Bertz CT molecular complexity index is 1210. The predicted octanol–water partition coefficient (Wildman–Crippen LogP) is 3.81. The van der Waals surface area contributed by atoms with Crippen LogP contribution in [-0.2, 0) is 11.3 Å². The fourth-order valence-corrected chi connectivity index (χ4v) is 2.71. The molecule has 0 radical (unpaired) electrons. The summed E-state index contributed by atoms with van der Waals surface area (Å²) in [7, 11) is 1.58. The number of ether oxygens (including phenoxy) is 2. The number of rotatable bonds is 5. The van der Waals surface area contributed by atoms with E-state index in [0.717, 1.165) is 11.6 Å². The zero-order valence-electron chi connectivity index (χ0n) is 14.9. The minimum atomic E-state index is -0.756. The minimum Gasteiger partial charge on any atom is -0.497 e. The van der Waals surface area contributed by atoms with Crippen LogP contribution in [0.4, 0.5) is 0 Å². The zero-order chi connectivity index (χ0) is 19.5. The van der Waals surface area contributed by atoms with Crippen molar-refractivity contribution in [2.45, 2.75) is 6.61 Å². The average molecular weight is 377 g/mol. The molecule has 0 N–H and O–H groups in total. The Hall–Kier alpha value is -3.87. The molecular formula is C21H15NO6. The lowest BCUT2D eigenvalue weighted by Gasteiger charge is -2.03. The molecule has 4 aromatic rings. The second-order valence-electron chi connectivity index (χ2n) is 5.96. The molecule has 0 amide bonds. The van der Waals surface area contributed by atoms with Crippen molar-refractivity contribution in [1.82, 2.24) is 5.16 Å². The highest BCUT2D eigenvalue weighted by Crippen LogP contribution is 2.24. The molecule has 0 aliphatic carbocycles. The molecule has 0 unspecified atom stereocenters. The van der Waals surface area contributed by atoms with Crippen molar-refractivity contribution >= 4 is 16.9 Å². The summed E-state index contributed by atoms with van der Waals surface area (Å²) in [5.74, 6) is 0.282. The maximum absolute atomic E-state index is 12.2. The Balaban J connectivity index is 1.48. The number of carbonyl (C=O) groups excluding carboxylic acids is 1. The van der Waals surface area contributed by atoms with E-state index < -0.39 is 5.97 Å². The third-order valence-corrected chi connectivity index (χ3v) is 4.10. The Morgan fingerprint density at radius 1 is 1.07 bits per heavy atom. The van der Waals surface area contributed by atoms with E-state index in [1.807, 2.05) is 18.2 Å². The van der Waals surface area contributed by atoms with Gasteiger partial charge in [0.25, 0.3) is 0 Å². The predicted molar refractivity (Wildman–Crippen MR) is 100 cm³/mol. The van der Waals surface area contributed by atoms with Crippen molar-refractivity contribution in [2.24, 2.45) is 0 Å². The molecule has 0 aliphatic rings. The number of carbonyl (C=O) groups is 1.